The Morgan fingerprint density at radius 2 is 2.06 bits per heavy atom. The summed E-state index contributed by atoms with van der Waals surface area (Å²) < 4.78 is 19.9. The molecule has 1 N–H and O–H groups in total. The van der Waals surface area contributed by atoms with E-state index < -0.39 is 0 Å². The zero-order valence-corrected chi connectivity index (χ0v) is 19.4. The molecule has 2 fully saturated rings. The third-order valence-electron chi connectivity index (χ3n) is 7.61. The van der Waals surface area contributed by atoms with Crippen molar-refractivity contribution in [2.75, 3.05) is 19.8 Å². The van der Waals surface area contributed by atoms with Crippen LogP contribution in [0.1, 0.15) is 60.7 Å². The second kappa shape index (κ2) is 8.35. The van der Waals surface area contributed by atoms with Gasteiger partial charge in [0.1, 0.15) is 11.6 Å². The molecule has 1 unspecified atom stereocenters. The Labute approximate surface area is 197 Å². The van der Waals surface area contributed by atoms with Crippen LogP contribution in [0.15, 0.2) is 23.1 Å². The van der Waals surface area contributed by atoms with E-state index in [9.17, 15) is 10.1 Å². The third kappa shape index (κ3) is 3.38. The summed E-state index contributed by atoms with van der Waals surface area (Å²) in [6.45, 7) is 4.41. The van der Waals surface area contributed by atoms with Gasteiger partial charge in [0.05, 0.1) is 23.9 Å². The van der Waals surface area contributed by atoms with E-state index in [4.69, 9.17) is 14.2 Å². The highest BCUT2D eigenvalue weighted by Gasteiger charge is 2.39. The monoisotopic (exact) mass is 460 g/mol. The molecule has 8 heteroatoms. The fraction of sp³-hybridized carbons (Fsp3) is 0.500. The van der Waals surface area contributed by atoms with Crippen molar-refractivity contribution in [2.24, 2.45) is 0 Å². The lowest BCUT2D eigenvalue weighted by Crippen LogP contribution is -2.44. The van der Waals surface area contributed by atoms with Gasteiger partial charge in [-0.15, -0.1) is 0 Å². The second-order valence-electron chi connectivity index (χ2n) is 9.63. The van der Waals surface area contributed by atoms with Crippen LogP contribution >= 0.6 is 0 Å². The maximum Gasteiger partial charge on any atom is 0.266 e. The first-order valence-corrected chi connectivity index (χ1v) is 12.1. The van der Waals surface area contributed by atoms with Crippen molar-refractivity contribution >= 4 is 10.9 Å². The normalized spacial score (nSPS) is 21.9. The lowest BCUT2D eigenvalue weighted by Gasteiger charge is -2.41. The minimum Gasteiger partial charge on any atom is -0.381 e. The van der Waals surface area contributed by atoms with Crippen molar-refractivity contribution in [3.63, 3.8) is 0 Å². The molecule has 2 aromatic heterocycles. The first kappa shape index (κ1) is 21.5. The van der Waals surface area contributed by atoms with Gasteiger partial charge in [0.2, 0.25) is 0 Å². The Kier molecular flexibility index (Phi) is 5.29. The minimum absolute atomic E-state index is 0.0953. The smallest absolute Gasteiger partial charge is 0.266 e. The van der Waals surface area contributed by atoms with Gasteiger partial charge in [0.25, 0.3) is 5.56 Å². The van der Waals surface area contributed by atoms with Gasteiger partial charge >= 0.3 is 0 Å². The molecule has 1 aromatic carbocycles. The fourth-order valence-corrected chi connectivity index (χ4v) is 5.75. The Morgan fingerprint density at radius 3 is 2.82 bits per heavy atom. The van der Waals surface area contributed by atoms with Crippen molar-refractivity contribution in [2.45, 2.75) is 63.9 Å². The lowest BCUT2D eigenvalue weighted by molar-refractivity contribution is -0.126. The van der Waals surface area contributed by atoms with Crippen LogP contribution < -0.4 is 5.56 Å². The topological polar surface area (TPSA) is 102 Å². The molecule has 176 valence electrons. The SMILES string of the molecule is Cc1ccc2c(cnn2C2CCCCO2)c1-c1c2c([nH]c(=O)c1C#N)CC1(CCOCC1)OC2. The van der Waals surface area contributed by atoms with E-state index >= 15 is 0 Å². The molecule has 1 spiro atoms. The zero-order valence-electron chi connectivity index (χ0n) is 19.4. The number of rotatable bonds is 2. The number of ether oxygens (including phenoxy) is 3. The second-order valence-corrected chi connectivity index (χ2v) is 9.63. The minimum atomic E-state index is -0.347. The van der Waals surface area contributed by atoms with Crippen LogP contribution in [-0.4, -0.2) is 40.2 Å². The number of pyridine rings is 1. The van der Waals surface area contributed by atoms with E-state index in [0.717, 1.165) is 72.0 Å². The Morgan fingerprint density at radius 1 is 1.21 bits per heavy atom. The molecule has 0 saturated carbocycles. The number of nitrogens with zero attached hydrogens (tertiary/aromatic N) is 3. The van der Waals surface area contributed by atoms with Crippen LogP contribution in [0.4, 0.5) is 0 Å². The average molecular weight is 461 g/mol. The van der Waals surface area contributed by atoms with Gasteiger partial charge in [-0.05, 0) is 43.4 Å². The average Bonchev–Trinajstić information content (AvgIpc) is 3.28. The van der Waals surface area contributed by atoms with Gasteiger partial charge in [-0.2, -0.15) is 10.4 Å². The van der Waals surface area contributed by atoms with E-state index in [1.54, 1.807) is 0 Å². The van der Waals surface area contributed by atoms with E-state index in [-0.39, 0.29) is 23.0 Å². The molecular formula is C26H28N4O4. The molecule has 0 radical (unpaired) electrons. The predicted octanol–water partition coefficient (Wildman–Crippen LogP) is 3.89. The highest BCUT2D eigenvalue weighted by atomic mass is 16.5. The number of nitrogens with one attached hydrogen (secondary N) is 1. The molecular weight excluding hydrogens is 432 g/mol. The van der Waals surface area contributed by atoms with E-state index in [0.29, 0.717) is 31.8 Å². The van der Waals surface area contributed by atoms with Crippen molar-refractivity contribution in [1.82, 2.24) is 14.8 Å². The molecule has 0 aliphatic carbocycles. The Balaban J connectivity index is 1.54. The van der Waals surface area contributed by atoms with E-state index in [1.807, 2.05) is 23.9 Å². The van der Waals surface area contributed by atoms with Gasteiger partial charge in [-0.25, -0.2) is 4.68 Å². The standard InChI is InChI=1S/C26H28N4O4/c1-16-5-6-21-18(14-28-30(21)22-4-2-3-9-33-22)23(16)24-17(13-27)25(31)29-20-12-26(34-15-19(20)24)7-10-32-11-8-26/h5-6,14,22H,2-4,7-12,15H2,1H3,(H,29,31). The third-order valence-corrected chi connectivity index (χ3v) is 7.61. The highest BCUT2D eigenvalue weighted by Crippen LogP contribution is 2.42. The summed E-state index contributed by atoms with van der Waals surface area (Å²) in [5, 5.41) is 15.6. The van der Waals surface area contributed by atoms with Crippen LogP contribution in [0, 0.1) is 18.3 Å². The summed E-state index contributed by atoms with van der Waals surface area (Å²) >= 11 is 0. The fourth-order valence-electron chi connectivity index (χ4n) is 5.75. The van der Waals surface area contributed by atoms with E-state index in [2.05, 4.69) is 22.2 Å². The number of fused-ring (bicyclic) bond motifs is 2. The largest absolute Gasteiger partial charge is 0.381 e. The molecule has 8 nitrogen and oxygen atoms in total. The Hall–Kier alpha value is -2.99. The van der Waals surface area contributed by atoms with Gasteiger partial charge in [-0.1, -0.05) is 6.07 Å². The van der Waals surface area contributed by atoms with Crippen molar-refractivity contribution < 1.29 is 14.2 Å². The molecule has 0 bridgehead atoms. The first-order valence-electron chi connectivity index (χ1n) is 12.1. The molecule has 34 heavy (non-hydrogen) atoms. The summed E-state index contributed by atoms with van der Waals surface area (Å²) in [6, 6.07) is 6.27. The summed E-state index contributed by atoms with van der Waals surface area (Å²) in [7, 11) is 0. The van der Waals surface area contributed by atoms with Crippen molar-refractivity contribution in [3.05, 3.63) is 51.1 Å². The number of nitriles is 1. The predicted molar refractivity (Wildman–Crippen MR) is 125 cm³/mol. The highest BCUT2D eigenvalue weighted by molar-refractivity contribution is 5.98. The van der Waals surface area contributed by atoms with Crippen LogP contribution in [0.3, 0.4) is 0 Å². The van der Waals surface area contributed by atoms with Crippen LogP contribution in [0.2, 0.25) is 0 Å². The number of aromatic nitrogens is 3. The van der Waals surface area contributed by atoms with Crippen LogP contribution in [-0.2, 0) is 27.2 Å². The molecule has 1 atom stereocenters. The number of benzene rings is 1. The maximum absolute atomic E-state index is 13.1. The first-order chi connectivity index (χ1) is 16.6. The number of aromatic amines is 1. The molecule has 3 aliphatic rings. The molecule has 0 amide bonds. The van der Waals surface area contributed by atoms with Crippen molar-refractivity contribution in [3.8, 4) is 17.2 Å². The summed E-state index contributed by atoms with van der Waals surface area (Å²) in [6.07, 6.45) is 7.05. The zero-order chi connectivity index (χ0) is 23.3. The Bertz CT molecular complexity index is 1350. The van der Waals surface area contributed by atoms with Crippen molar-refractivity contribution in [1.29, 1.82) is 5.26 Å². The van der Waals surface area contributed by atoms with Gasteiger partial charge < -0.3 is 19.2 Å². The van der Waals surface area contributed by atoms with Gasteiger partial charge in [0.15, 0.2) is 6.23 Å². The van der Waals surface area contributed by atoms with Crippen LogP contribution in [0.5, 0.6) is 0 Å². The molecule has 2 saturated heterocycles. The van der Waals surface area contributed by atoms with E-state index in [1.165, 1.54) is 0 Å². The lowest BCUT2D eigenvalue weighted by atomic mass is 9.82. The summed E-state index contributed by atoms with van der Waals surface area (Å²) in [4.78, 5) is 16.1. The molecule has 5 heterocycles. The maximum atomic E-state index is 13.1. The molecule has 3 aliphatic heterocycles. The molecule has 3 aromatic rings. The quantitative estimate of drug-likeness (QED) is 0.622. The summed E-state index contributed by atoms with van der Waals surface area (Å²) in [5.74, 6) is 0. The van der Waals surface area contributed by atoms with Gasteiger partial charge in [-0.3, -0.25) is 4.79 Å². The molecule has 6 rings (SSSR count). The van der Waals surface area contributed by atoms with Gasteiger partial charge in [0, 0.05) is 61.3 Å². The number of aryl methyl sites for hydroxylation is 1. The number of hydrogen-bond donors (Lipinski definition) is 1. The number of H-pyrrole nitrogens is 1. The number of hydrogen-bond acceptors (Lipinski definition) is 6. The van der Waals surface area contributed by atoms with Crippen LogP contribution in [0.25, 0.3) is 22.0 Å². The summed E-state index contributed by atoms with van der Waals surface area (Å²) in [5.41, 5.74) is 4.72.